The topological polar surface area (TPSA) is 88.1 Å². The first kappa shape index (κ1) is 25.0. The zero-order chi connectivity index (χ0) is 27.2. The highest BCUT2D eigenvalue weighted by Gasteiger charge is 2.46. The number of aromatic nitrogens is 3. The van der Waals surface area contributed by atoms with Gasteiger partial charge in [-0.3, -0.25) is 24.5 Å². The zero-order valence-electron chi connectivity index (χ0n) is 20.0. The number of hydrogen-bond donors (Lipinski definition) is 1. The van der Waals surface area contributed by atoms with Gasteiger partial charge in [0.25, 0.3) is 5.91 Å². The SMILES string of the molecule is CC1(C)C(=O)N(c2cccnc2)c2cccc(-c3cnc(C(F)(F)F)c(C(=O)Nc4ccc(F)cn4)c3)c21. The van der Waals surface area contributed by atoms with Gasteiger partial charge in [-0.1, -0.05) is 12.1 Å². The summed E-state index contributed by atoms with van der Waals surface area (Å²) in [5.41, 5.74) is -0.868. The van der Waals surface area contributed by atoms with Crippen molar-refractivity contribution >= 4 is 29.0 Å². The van der Waals surface area contributed by atoms with Crippen LogP contribution in [0.25, 0.3) is 11.1 Å². The van der Waals surface area contributed by atoms with Crippen LogP contribution in [0.1, 0.15) is 35.5 Å². The molecule has 0 unspecified atom stereocenters. The molecule has 1 aliphatic rings. The highest BCUT2D eigenvalue weighted by atomic mass is 19.4. The summed E-state index contributed by atoms with van der Waals surface area (Å²) >= 11 is 0. The summed E-state index contributed by atoms with van der Waals surface area (Å²) < 4.78 is 54.6. The predicted molar refractivity (Wildman–Crippen MR) is 131 cm³/mol. The number of hydrogen-bond acceptors (Lipinski definition) is 5. The lowest BCUT2D eigenvalue weighted by atomic mass is 9.81. The number of nitrogens with zero attached hydrogens (tertiary/aromatic N) is 4. The molecule has 0 radical (unpaired) electrons. The molecule has 1 aromatic carbocycles. The van der Waals surface area contributed by atoms with Gasteiger partial charge >= 0.3 is 6.18 Å². The molecule has 0 bridgehead atoms. The number of anilines is 3. The average molecular weight is 521 g/mol. The third-order valence-corrected chi connectivity index (χ3v) is 6.23. The van der Waals surface area contributed by atoms with Crippen molar-refractivity contribution in [3.8, 4) is 11.1 Å². The first-order valence-electron chi connectivity index (χ1n) is 11.4. The number of amides is 2. The fourth-order valence-corrected chi connectivity index (χ4v) is 4.51. The van der Waals surface area contributed by atoms with Crippen LogP contribution in [0.3, 0.4) is 0 Å². The average Bonchev–Trinajstić information content (AvgIpc) is 3.10. The zero-order valence-corrected chi connectivity index (χ0v) is 20.0. The molecule has 2 amide bonds. The molecule has 4 aromatic rings. The molecule has 0 fully saturated rings. The molecular formula is C27H19F4N5O2. The van der Waals surface area contributed by atoms with Crippen molar-refractivity contribution in [3.05, 3.63) is 96.0 Å². The van der Waals surface area contributed by atoms with Crippen LogP contribution >= 0.6 is 0 Å². The van der Waals surface area contributed by atoms with Crippen LogP contribution in [0.2, 0.25) is 0 Å². The summed E-state index contributed by atoms with van der Waals surface area (Å²) in [6, 6.07) is 11.7. The van der Waals surface area contributed by atoms with Crippen molar-refractivity contribution in [1.29, 1.82) is 0 Å². The third-order valence-electron chi connectivity index (χ3n) is 6.23. The fourth-order valence-electron chi connectivity index (χ4n) is 4.51. The maximum Gasteiger partial charge on any atom is 0.434 e. The van der Waals surface area contributed by atoms with Crippen molar-refractivity contribution in [3.63, 3.8) is 0 Å². The van der Waals surface area contributed by atoms with Crippen molar-refractivity contribution in [2.75, 3.05) is 10.2 Å². The number of rotatable bonds is 4. The summed E-state index contributed by atoms with van der Waals surface area (Å²) in [5.74, 6) is -2.16. The number of benzene rings is 1. The van der Waals surface area contributed by atoms with E-state index in [1.54, 1.807) is 56.6 Å². The Bertz CT molecular complexity index is 1550. The lowest BCUT2D eigenvalue weighted by molar-refractivity contribution is -0.141. The lowest BCUT2D eigenvalue weighted by Crippen LogP contribution is -2.33. The van der Waals surface area contributed by atoms with Gasteiger partial charge in [0.2, 0.25) is 5.91 Å². The summed E-state index contributed by atoms with van der Waals surface area (Å²) in [7, 11) is 0. The molecule has 38 heavy (non-hydrogen) atoms. The van der Waals surface area contributed by atoms with E-state index in [9.17, 15) is 27.2 Å². The highest BCUT2D eigenvalue weighted by molar-refractivity contribution is 6.14. The lowest BCUT2D eigenvalue weighted by Gasteiger charge is -2.21. The molecule has 7 nitrogen and oxygen atoms in total. The van der Waals surface area contributed by atoms with Gasteiger partial charge in [-0.2, -0.15) is 13.2 Å². The Morgan fingerprint density at radius 1 is 1.00 bits per heavy atom. The quantitative estimate of drug-likeness (QED) is 0.338. The van der Waals surface area contributed by atoms with Gasteiger partial charge in [-0.05, 0) is 61.4 Å². The Morgan fingerprint density at radius 2 is 1.79 bits per heavy atom. The van der Waals surface area contributed by atoms with Crippen molar-refractivity contribution in [2.45, 2.75) is 25.4 Å². The monoisotopic (exact) mass is 521 g/mol. The molecule has 0 atom stereocenters. The minimum absolute atomic E-state index is 0.130. The van der Waals surface area contributed by atoms with Crippen LogP contribution in [0.4, 0.5) is 34.8 Å². The van der Waals surface area contributed by atoms with Crippen molar-refractivity contribution < 1.29 is 27.2 Å². The van der Waals surface area contributed by atoms with E-state index >= 15 is 0 Å². The van der Waals surface area contributed by atoms with Crippen LogP contribution in [0.5, 0.6) is 0 Å². The van der Waals surface area contributed by atoms with Gasteiger partial charge in [-0.25, -0.2) is 9.37 Å². The molecule has 3 aromatic heterocycles. The Hall–Kier alpha value is -4.67. The summed E-state index contributed by atoms with van der Waals surface area (Å²) in [4.78, 5) is 39.3. The van der Waals surface area contributed by atoms with Crippen LogP contribution < -0.4 is 10.2 Å². The second kappa shape index (κ2) is 9.02. The second-order valence-electron chi connectivity index (χ2n) is 9.11. The van der Waals surface area contributed by atoms with E-state index in [0.29, 0.717) is 22.5 Å². The molecule has 0 aliphatic carbocycles. The van der Waals surface area contributed by atoms with Crippen LogP contribution in [0.15, 0.2) is 73.3 Å². The van der Waals surface area contributed by atoms with Crippen LogP contribution in [0, 0.1) is 5.82 Å². The molecule has 1 aliphatic heterocycles. The van der Waals surface area contributed by atoms with E-state index in [0.717, 1.165) is 30.6 Å². The van der Waals surface area contributed by atoms with Crippen molar-refractivity contribution in [2.24, 2.45) is 0 Å². The Labute approximate surface area is 214 Å². The van der Waals surface area contributed by atoms with E-state index in [1.807, 2.05) is 0 Å². The second-order valence-corrected chi connectivity index (χ2v) is 9.11. The van der Waals surface area contributed by atoms with Gasteiger partial charge in [0.15, 0.2) is 5.69 Å². The normalized spacial score (nSPS) is 14.4. The van der Waals surface area contributed by atoms with Crippen LogP contribution in [-0.4, -0.2) is 26.8 Å². The Kier molecular flexibility index (Phi) is 5.93. The maximum atomic E-state index is 13.8. The molecule has 4 heterocycles. The maximum absolute atomic E-state index is 13.8. The molecule has 5 rings (SSSR count). The summed E-state index contributed by atoms with van der Waals surface area (Å²) in [5, 5.41) is 2.25. The van der Waals surface area contributed by atoms with Gasteiger partial charge in [0.05, 0.1) is 34.7 Å². The van der Waals surface area contributed by atoms with E-state index in [4.69, 9.17) is 0 Å². The highest BCUT2D eigenvalue weighted by Crippen LogP contribution is 2.49. The smallest absolute Gasteiger partial charge is 0.307 e. The minimum atomic E-state index is -4.92. The van der Waals surface area contributed by atoms with Crippen LogP contribution in [-0.2, 0) is 16.4 Å². The molecule has 0 saturated heterocycles. The van der Waals surface area contributed by atoms with E-state index in [-0.39, 0.29) is 17.3 Å². The number of carbonyl (C=O) groups excluding carboxylic acids is 2. The van der Waals surface area contributed by atoms with E-state index in [1.165, 1.54) is 4.90 Å². The standard InChI is InChI=1S/C27H19F4N5O2/c1-26(2)22-18(6-3-7-20(22)36(25(26)38)17-5-4-10-32-14-17)15-11-19(23(34-12-15)27(29,30)31)24(37)35-21-9-8-16(28)13-33-21/h3-14H,1-2H3,(H,33,35,37). The first-order chi connectivity index (χ1) is 18.0. The molecule has 0 spiro atoms. The fraction of sp³-hybridized carbons (Fsp3) is 0.148. The van der Waals surface area contributed by atoms with Gasteiger partial charge in [-0.15, -0.1) is 0 Å². The van der Waals surface area contributed by atoms with Gasteiger partial charge < -0.3 is 5.32 Å². The molecule has 0 saturated carbocycles. The number of pyridine rings is 3. The number of carbonyl (C=O) groups is 2. The number of halogens is 4. The van der Waals surface area contributed by atoms with Gasteiger partial charge in [0, 0.05) is 18.0 Å². The largest absolute Gasteiger partial charge is 0.434 e. The summed E-state index contributed by atoms with van der Waals surface area (Å²) in [6.45, 7) is 3.44. The number of nitrogens with one attached hydrogen (secondary N) is 1. The number of alkyl halides is 3. The van der Waals surface area contributed by atoms with E-state index < -0.39 is 34.6 Å². The molecule has 1 N–H and O–H groups in total. The Morgan fingerprint density at radius 3 is 2.45 bits per heavy atom. The van der Waals surface area contributed by atoms with Crippen molar-refractivity contribution in [1.82, 2.24) is 15.0 Å². The Balaban J connectivity index is 1.64. The molecule has 11 heteroatoms. The summed E-state index contributed by atoms with van der Waals surface area (Å²) in [6.07, 6.45) is 0.0518. The first-order valence-corrected chi connectivity index (χ1v) is 11.4. The molecular weight excluding hydrogens is 502 g/mol. The minimum Gasteiger partial charge on any atom is -0.307 e. The van der Waals surface area contributed by atoms with E-state index in [2.05, 4.69) is 20.3 Å². The number of fused-ring (bicyclic) bond motifs is 1. The predicted octanol–water partition coefficient (Wildman–Crippen LogP) is 5.90. The third kappa shape index (κ3) is 4.25. The molecule has 192 valence electrons. The van der Waals surface area contributed by atoms with Gasteiger partial charge in [0.1, 0.15) is 11.6 Å².